The Hall–Kier alpha value is -1.55. The van der Waals surface area contributed by atoms with Crippen molar-refractivity contribution in [2.45, 2.75) is 25.2 Å². The molecule has 4 nitrogen and oxygen atoms in total. The first-order valence-electron chi connectivity index (χ1n) is 6.33. The van der Waals surface area contributed by atoms with Crippen molar-refractivity contribution in [3.63, 3.8) is 0 Å². The molecule has 0 radical (unpaired) electrons. The second kappa shape index (κ2) is 5.87. The second-order valence-electron chi connectivity index (χ2n) is 4.85. The molecule has 1 aromatic carbocycles. The van der Waals surface area contributed by atoms with Crippen molar-refractivity contribution in [2.24, 2.45) is 5.92 Å². The molecular formula is C14H19NO3. The third-order valence-corrected chi connectivity index (χ3v) is 3.52. The van der Waals surface area contributed by atoms with E-state index in [1.807, 2.05) is 12.1 Å². The number of ether oxygens (including phenoxy) is 1. The van der Waals surface area contributed by atoms with Crippen LogP contribution >= 0.6 is 0 Å². The van der Waals surface area contributed by atoms with Crippen molar-refractivity contribution in [3.8, 4) is 0 Å². The molecule has 0 bridgehead atoms. The lowest BCUT2D eigenvalue weighted by Crippen LogP contribution is -2.21. The summed E-state index contributed by atoms with van der Waals surface area (Å²) < 4.78 is 5.30. The Labute approximate surface area is 107 Å². The van der Waals surface area contributed by atoms with Crippen LogP contribution in [-0.2, 0) is 9.53 Å². The summed E-state index contributed by atoms with van der Waals surface area (Å²) in [5.74, 6) is -0.801. The number of nitrogen functional groups attached to an aromatic ring is 1. The lowest BCUT2D eigenvalue weighted by Gasteiger charge is -2.25. The molecule has 1 saturated heterocycles. The van der Waals surface area contributed by atoms with E-state index in [0.717, 1.165) is 31.6 Å². The van der Waals surface area contributed by atoms with Gasteiger partial charge in [-0.05, 0) is 42.9 Å². The Morgan fingerprint density at radius 1 is 1.44 bits per heavy atom. The van der Waals surface area contributed by atoms with Gasteiger partial charge in [-0.25, -0.2) is 0 Å². The number of rotatable bonds is 4. The molecule has 1 atom stereocenters. The molecule has 98 valence electrons. The fourth-order valence-electron chi connectivity index (χ4n) is 2.47. The van der Waals surface area contributed by atoms with Gasteiger partial charge < -0.3 is 15.6 Å². The number of aliphatic carboxylic acids is 1. The SMILES string of the molecule is Nc1cccc(C(CC2CCOCC2)C(=O)O)c1. The molecule has 0 saturated carbocycles. The van der Waals surface area contributed by atoms with Crippen LogP contribution in [0.15, 0.2) is 24.3 Å². The first-order chi connectivity index (χ1) is 8.66. The van der Waals surface area contributed by atoms with Crippen LogP contribution in [0.1, 0.15) is 30.7 Å². The van der Waals surface area contributed by atoms with E-state index in [2.05, 4.69) is 0 Å². The smallest absolute Gasteiger partial charge is 0.310 e. The number of hydrogen-bond acceptors (Lipinski definition) is 3. The summed E-state index contributed by atoms with van der Waals surface area (Å²) in [5.41, 5.74) is 7.13. The van der Waals surface area contributed by atoms with E-state index in [9.17, 15) is 9.90 Å². The molecule has 1 aromatic rings. The van der Waals surface area contributed by atoms with Crippen molar-refractivity contribution >= 4 is 11.7 Å². The highest BCUT2D eigenvalue weighted by atomic mass is 16.5. The van der Waals surface area contributed by atoms with E-state index >= 15 is 0 Å². The van der Waals surface area contributed by atoms with Gasteiger partial charge in [-0.15, -0.1) is 0 Å². The summed E-state index contributed by atoms with van der Waals surface area (Å²) in [7, 11) is 0. The largest absolute Gasteiger partial charge is 0.481 e. The summed E-state index contributed by atoms with van der Waals surface area (Å²) in [6, 6.07) is 7.19. The van der Waals surface area contributed by atoms with E-state index < -0.39 is 11.9 Å². The van der Waals surface area contributed by atoms with Crippen molar-refractivity contribution < 1.29 is 14.6 Å². The third-order valence-electron chi connectivity index (χ3n) is 3.52. The molecule has 1 heterocycles. The lowest BCUT2D eigenvalue weighted by atomic mass is 9.85. The van der Waals surface area contributed by atoms with Crippen LogP contribution in [0.2, 0.25) is 0 Å². The van der Waals surface area contributed by atoms with Crippen molar-refractivity contribution in [2.75, 3.05) is 18.9 Å². The molecule has 0 amide bonds. The third kappa shape index (κ3) is 3.23. The topological polar surface area (TPSA) is 72.5 Å². The highest BCUT2D eigenvalue weighted by molar-refractivity contribution is 5.76. The Bertz CT molecular complexity index is 413. The molecular weight excluding hydrogens is 230 g/mol. The van der Waals surface area contributed by atoms with Gasteiger partial charge in [0.1, 0.15) is 0 Å². The lowest BCUT2D eigenvalue weighted by molar-refractivity contribution is -0.139. The maximum atomic E-state index is 11.4. The zero-order valence-corrected chi connectivity index (χ0v) is 10.3. The van der Waals surface area contributed by atoms with E-state index in [1.165, 1.54) is 0 Å². The average molecular weight is 249 g/mol. The van der Waals surface area contributed by atoms with Crippen LogP contribution in [0.5, 0.6) is 0 Å². The van der Waals surface area contributed by atoms with Crippen LogP contribution in [-0.4, -0.2) is 24.3 Å². The number of nitrogens with two attached hydrogens (primary N) is 1. The van der Waals surface area contributed by atoms with Crippen LogP contribution in [0.3, 0.4) is 0 Å². The zero-order chi connectivity index (χ0) is 13.0. The summed E-state index contributed by atoms with van der Waals surface area (Å²) in [6.07, 6.45) is 2.57. The quantitative estimate of drug-likeness (QED) is 0.803. The van der Waals surface area contributed by atoms with E-state index in [-0.39, 0.29) is 0 Å². The Morgan fingerprint density at radius 2 is 2.17 bits per heavy atom. The summed E-state index contributed by atoms with van der Waals surface area (Å²) >= 11 is 0. The highest BCUT2D eigenvalue weighted by Gasteiger charge is 2.25. The van der Waals surface area contributed by atoms with Gasteiger partial charge >= 0.3 is 5.97 Å². The molecule has 1 fully saturated rings. The van der Waals surface area contributed by atoms with Gasteiger partial charge in [0.2, 0.25) is 0 Å². The number of carbonyl (C=O) groups is 1. The number of carboxylic acids is 1. The van der Waals surface area contributed by atoms with Gasteiger partial charge in [0.05, 0.1) is 5.92 Å². The molecule has 1 aliphatic heterocycles. The Balaban J connectivity index is 2.10. The molecule has 1 aliphatic rings. The summed E-state index contributed by atoms with van der Waals surface area (Å²) in [5, 5.41) is 9.38. The van der Waals surface area contributed by atoms with E-state index in [1.54, 1.807) is 12.1 Å². The molecule has 2 rings (SSSR count). The normalized spacial score (nSPS) is 18.4. The predicted molar refractivity (Wildman–Crippen MR) is 69.4 cm³/mol. The van der Waals surface area contributed by atoms with Crippen LogP contribution in [0, 0.1) is 5.92 Å². The van der Waals surface area contributed by atoms with Crippen molar-refractivity contribution in [1.29, 1.82) is 0 Å². The average Bonchev–Trinajstić information content (AvgIpc) is 2.37. The second-order valence-corrected chi connectivity index (χ2v) is 4.85. The molecule has 18 heavy (non-hydrogen) atoms. The number of anilines is 1. The molecule has 0 aromatic heterocycles. The van der Waals surface area contributed by atoms with Crippen LogP contribution in [0.25, 0.3) is 0 Å². The first-order valence-corrected chi connectivity index (χ1v) is 6.33. The van der Waals surface area contributed by atoms with Gasteiger partial charge in [0.15, 0.2) is 0 Å². The van der Waals surface area contributed by atoms with Crippen molar-refractivity contribution in [1.82, 2.24) is 0 Å². The van der Waals surface area contributed by atoms with E-state index in [4.69, 9.17) is 10.5 Å². The predicted octanol–water partition coefficient (Wildman–Crippen LogP) is 2.25. The Kier molecular flexibility index (Phi) is 4.20. The summed E-state index contributed by atoms with van der Waals surface area (Å²) in [4.78, 5) is 11.4. The molecule has 0 aliphatic carbocycles. The minimum Gasteiger partial charge on any atom is -0.481 e. The Morgan fingerprint density at radius 3 is 2.78 bits per heavy atom. The van der Waals surface area contributed by atoms with Crippen molar-refractivity contribution in [3.05, 3.63) is 29.8 Å². The fourth-order valence-corrected chi connectivity index (χ4v) is 2.47. The minimum absolute atomic E-state index is 0.432. The fraction of sp³-hybridized carbons (Fsp3) is 0.500. The van der Waals surface area contributed by atoms with Crippen LogP contribution < -0.4 is 5.73 Å². The maximum Gasteiger partial charge on any atom is 0.310 e. The number of carboxylic acid groups (broad SMARTS) is 1. The molecule has 3 N–H and O–H groups in total. The molecule has 0 spiro atoms. The van der Waals surface area contributed by atoms with Gasteiger partial charge in [-0.1, -0.05) is 12.1 Å². The molecule has 4 heteroatoms. The monoisotopic (exact) mass is 249 g/mol. The van der Waals surface area contributed by atoms with Gasteiger partial charge in [-0.2, -0.15) is 0 Å². The first kappa shape index (κ1) is 12.9. The highest BCUT2D eigenvalue weighted by Crippen LogP contribution is 2.30. The number of hydrogen-bond donors (Lipinski definition) is 2. The standard InChI is InChI=1S/C14H19NO3/c15-12-3-1-2-11(9-12)13(14(16)17)8-10-4-6-18-7-5-10/h1-3,9-10,13H,4-8,15H2,(H,16,17). The number of benzene rings is 1. The van der Waals surface area contributed by atoms with Gasteiger partial charge in [-0.3, -0.25) is 4.79 Å². The van der Waals surface area contributed by atoms with Gasteiger partial charge in [0.25, 0.3) is 0 Å². The zero-order valence-electron chi connectivity index (χ0n) is 10.3. The minimum atomic E-state index is -0.771. The van der Waals surface area contributed by atoms with Crippen LogP contribution in [0.4, 0.5) is 5.69 Å². The van der Waals surface area contributed by atoms with E-state index in [0.29, 0.717) is 18.0 Å². The molecule has 1 unspecified atom stereocenters. The van der Waals surface area contributed by atoms with Gasteiger partial charge in [0, 0.05) is 18.9 Å². The summed E-state index contributed by atoms with van der Waals surface area (Å²) in [6.45, 7) is 1.49. The maximum absolute atomic E-state index is 11.4.